The van der Waals surface area contributed by atoms with Gasteiger partial charge in [0.1, 0.15) is 5.82 Å². The second kappa shape index (κ2) is 11.2. The summed E-state index contributed by atoms with van der Waals surface area (Å²) >= 11 is 7.00. The minimum absolute atomic E-state index is 0.0964. The van der Waals surface area contributed by atoms with Crippen LogP contribution in [0.15, 0.2) is 36.5 Å². The summed E-state index contributed by atoms with van der Waals surface area (Å²) in [6, 6.07) is 8.17. The molecule has 0 saturated heterocycles. The number of rotatable bonds is 9. The number of thioether (sulfide) groups is 1. The lowest BCUT2D eigenvalue weighted by Crippen LogP contribution is -2.35. The molecule has 1 heterocycles. The van der Waals surface area contributed by atoms with Crippen LogP contribution in [0, 0.1) is 6.92 Å². The number of nitrogens with one attached hydrogen (secondary N) is 3. The van der Waals surface area contributed by atoms with E-state index in [1.807, 2.05) is 19.1 Å². The number of anilines is 2. The number of benzene rings is 1. The second-order valence-electron chi connectivity index (χ2n) is 6.64. The van der Waals surface area contributed by atoms with E-state index < -0.39 is 17.0 Å². The first-order chi connectivity index (χ1) is 14.6. The van der Waals surface area contributed by atoms with E-state index in [4.69, 9.17) is 11.6 Å². The van der Waals surface area contributed by atoms with Gasteiger partial charge in [0.25, 0.3) is 0 Å². The summed E-state index contributed by atoms with van der Waals surface area (Å²) in [7, 11) is 0. The Labute approximate surface area is 187 Å². The molecule has 0 saturated carbocycles. The van der Waals surface area contributed by atoms with Crippen LogP contribution in [-0.2, 0) is 15.8 Å². The molecular weight excluding hydrogens is 453 g/mol. The van der Waals surface area contributed by atoms with Gasteiger partial charge in [0.15, 0.2) is 0 Å². The molecule has 0 fully saturated rings. The van der Waals surface area contributed by atoms with Crippen molar-refractivity contribution in [3.63, 3.8) is 0 Å². The molecule has 0 radical (unpaired) electrons. The summed E-state index contributed by atoms with van der Waals surface area (Å²) in [5.41, 5.74) is 0.840. The first kappa shape index (κ1) is 24.8. The molecule has 6 nitrogen and oxygen atoms in total. The number of amides is 2. The summed E-state index contributed by atoms with van der Waals surface area (Å²) in [5.74, 6) is -0.259. The average molecular weight is 475 g/mol. The number of hydrogen-bond acceptors (Lipinski definition) is 5. The first-order valence-electron chi connectivity index (χ1n) is 9.28. The molecule has 168 valence electrons. The van der Waals surface area contributed by atoms with Crippen LogP contribution >= 0.6 is 23.4 Å². The molecule has 1 unspecified atom stereocenters. The normalized spacial score (nSPS) is 12.2. The molecule has 2 amide bonds. The van der Waals surface area contributed by atoms with Crippen molar-refractivity contribution in [3.05, 3.63) is 52.7 Å². The Bertz CT molecular complexity index is 910. The van der Waals surface area contributed by atoms with E-state index in [-0.39, 0.29) is 41.5 Å². The number of aryl methyl sites for hydroxylation is 1. The van der Waals surface area contributed by atoms with Gasteiger partial charge >= 0.3 is 6.18 Å². The Morgan fingerprint density at radius 3 is 2.48 bits per heavy atom. The Hall–Kier alpha value is -2.46. The van der Waals surface area contributed by atoms with E-state index >= 15 is 0 Å². The molecule has 0 aliphatic heterocycles. The number of nitrogens with zero attached hydrogens (tertiary/aromatic N) is 1. The predicted octanol–water partition coefficient (Wildman–Crippen LogP) is 4.35. The molecular formula is C20H22ClF3N4O2S. The largest absolute Gasteiger partial charge is 0.417 e. The lowest BCUT2D eigenvalue weighted by molar-refractivity contribution is -0.137. The molecule has 1 aromatic carbocycles. The van der Waals surface area contributed by atoms with Crippen molar-refractivity contribution in [2.75, 3.05) is 29.5 Å². The Balaban J connectivity index is 1.68. The zero-order chi connectivity index (χ0) is 23.0. The van der Waals surface area contributed by atoms with Gasteiger partial charge in [-0.25, -0.2) is 4.98 Å². The number of alkyl halides is 3. The fourth-order valence-electron chi connectivity index (χ4n) is 2.34. The number of hydrogen-bond donors (Lipinski definition) is 3. The summed E-state index contributed by atoms with van der Waals surface area (Å²) in [4.78, 5) is 27.8. The smallest absolute Gasteiger partial charge is 0.367 e. The van der Waals surface area contributed by atoms with E-state index in [0.29, 0.717) is 11.9 Å². The van der Waals surface area contributed by atoms with Gasteiger partial charge in [0, 0.05) is 25.0 Å². The fraction of sp³-hybridized carbons (Fsp3) is 0.350. The highest BCUT2D eigenvalue weighted by Crippen LogP contribution is 2.32. The Morgan fingerprint density at radius 2 is 1.87 bits per heavy atom. The predicted molar refractivity (Wildman–Crippen MR) is 117 cm³/mol. The van der Waals surface area contributed by atoms with Crippen LogP contribution in [0.2, 0.25) is 5.02 Å². The van der Waals surface area contributed by atoms with Crippen molar-refractivity contribution < 1.29 is 22.8 Å². The SMILES string of the molecule is Cc1ccc(NC(=O)CSC(C)C(=O)NCCNc2ncc(C(F)(F)F)cc2Cl)cc1. The highest BCUT2D eigenvalue weighted by atomic mass is 35.5. The standard InChI is InChI=1S/C20H22ClF3N4O2S/c1-12-3-5-15(6-4-12)28-17(29)11-31-13(2)19(30)26-8-7-25-18-16(21)9-14(10-27-18)20(22,23)24/h3-6,9-10,13H,7-8,11H2,1-2H3,(H,25,27)(H,26,30)(H,28,29). The molecule has 1 atom stereocenters. The summed E-state index contributed by atoms with van der Waals surface area (Å²) in [5, 5.41) is 7.59. The molecule has 0 aliphatic rings. The number of aromatic nitrogens is 1. The quantitative estimate of drug-likeness (QED) is 0.471. The number of carbonyl (C=O) groups is 2. The highest BCUT2D eigenvalue weighted by molar-refractivity contribution is 8.01. The molecule has 3 N–H and O–H groups in total. The minimum Gasteiger partial charge on any atom is -0.367 e. The lowest BCUT2D eigenvalue weighted by atomic mass is 10.2. The summed E-state index contributed by atoms with van der Waals surface area (Å²) in [6.07, 6.45) is -3.83. The molecule has 1 aromatic heterocycles. The lowest BCUT2D eigenvalue weighted by Gasteiger charge is -2.13. The van der Waals surface area contributed by atoms with E-state index in [1.54, 1.807) is 19.1 Å². The van der Waals surface area contributed by atoms with Gasteiger partial charge in [0.2, 0.25) is 11.8 Å². The molecule has 2 aromatic rings. The first-order valence-corrected chi connectivity index (χ1v) is 10.7. The molecule has 2 rings (SSSR count). The Morgan fingerprint density at radius 1 is 1.19 bits per heavy atom. The van der Waals surface area contributed by atoms with E-state index in [0.717, 1.165) is 11.6 Å². The van der Waals surface area contributed by atoms with Crippen LogP contribution in [0.3, 0.4) is 0 Å². The maximum Gasteiger partial charge on any atom is 0.417 e. The highest BCUT2D eigenvalue weighted by Gasteiger charge is 2.31. The van der Waals surface area contributed by atoms with E-state index in [1.165, 1.54) is 11.8 Å². The third kappa shape index (κ3) is 8.29. The van der Waals surface area contributed by atoms with Crippen molar-refractivity contribution >= 4 is 46.7 Å². The average Bonchev–Trinajstić information content (AvgIpc) is 2.71. The summed E-state index contributed by atoms with van der Waals surface area (Å²) < 4.78 is 37.8. The van der Waals surface area contributed by atoms with Crippen LogP contribution in [0.5, 0.6) is 0 Å². The van der Waals surface area contributed by atoms with Gasteiger partial charge in [0.05, 0.1) is 21.6 Å². The van der Waals surface area contributed by atoms with Crippen LogP contribution in [0.25, 0.3) is 0 Å². The van der Waals surface area contributed by atoms with Crippen molar-refractivity contribution in [2.24, 2.45) is 0 Å². The molecule has 0 bridgehead atoms. The molecule has 0 spiro atoms. The van der Waals surface area contributed by atoms with Gasteiger partial charge in [-0.15, -0.1) is 11.8 Å². The van der Waals surface area contributed by atoms with Gasteiger partial charge in [-0.2, -0.15) is 13.2 Å². The topological polar surface area (TPSA) is 83.1 Å². The molecule has 31 heavy (non-hydrogen) atoms. The number of halogens is 4. The third-order valence-corrected chi connectivity index (χ3v) is 5.49. The molecule has 0 aliphatic carbocycles. The van der Waals surface area contributed by atoms with E-state index in [9.17, 15) is 22.8 Å². The molecule has 11 heteroatoms. The maximum absolute atomic E-state index is 12.6. The van der Waals surface area contributed by atoms with Crippen molar-refractivity contribution in [1.29, 1.82) is 0 Å². The monoisotopic (exact) mass is 474 g/mol. The fourth-order valence-corrected chi connectivity index (χ4v) is 3.29. The van der Waals surface area contributed by atoms with E-state index in [2.05, 4.69) is 20.9 Å². The van der Waals surface area contributed by atoms with Gasteiger partial charge in [-0.1, -0.05) is 29.3 Å². The third-order valence-electron chi connectivity index (χ3n) is 4.05. The minimum atomic E-state index is -4.52. The van der Waals surface area contributed by atoms with Crippen molar-refractivity contribution in [3.8, 4) is 0 Å². The van der Waals surface area contributed by atoms with Crippen LogP contribution in [-0.4, -0.2) is 40.9 Å². The van der Waals surface area contributed by atoms with Crippen LogP contribution < -0.4 is 16.0 Å². The zero-order valence-corrected chi connectivity index (χ0v) is 18.4. The number of carbonyl (C=O) groups excluding carboxylic acids is 2. The van der Waals surface area contributed by atoms with Gasteiger partial charge in [-0.3, -0.25) is 9.59 Å². The summed E-state index contributed by atoms with van der Waals surface area (Å²) in [6.45, 7) is 4.06. The van der Waals surface area contributed by atoms with Crippen molar-refractivity contribution in [2.45, 2.75) is 25.3 Å². The van der Waals surface area contributed by atoms with Crippen molar-refractivity contribution in [1.82, 2.24) is 10.3 Å². The number of pyridine rings is 1. The van der Waals surface area contributed by atoms with Crippen LogP contribution in [0.1, 0.15) is 18.1 Å². The van der Waals surface area contributed by atoms with Gasteiger partial charge < -0.3 is 16.0 Å². The zero-order valence-electron chi connectivity index (χ0n) is 16.8. The van der Waals surface area contributed by atoms with Crippen LogP contribution in [0.4, 0.5) is 24.7 Å². The maximum atomic E-state index is 12.6. The second-order valence-corrected chi connectivity index (χ2v) is 8.37. The van der Waals surface area contributed by atoms with Gasteiger partial charge in [-0.05, 0) is 32.0 Å². The Kier molecular flexibility index (Phi) is 9.00.